The van der Waals surface area contributed by atoms with Gasteiger partial charge in [-0.25, -0.2) is 0 Å². The number of furan rings is 1. The van der Waals surface area contributed by atoms with Gasteiger partial charge in [0.15, 0.2) is 0 Å². The van der Waals surface area contributed by atoms with Crippen LogP contribution in [0.1, 0.15) is 0 Å². The van der Waals surface area contributed by atoms with Gasteiger partial charge in [-0.05, 0) is 109 Å². The highest BCUT2D eigenvalue weighted by molar-refractivity contribution is 6.26. The molecule has 0 aliphatic heterocycles. The first kappa shape index (κ1) is 32.0. The van der Waals surface area contributed by atoms with Crippen LogP contribution >= 0.6 is 0 Å². The summed E-state index contributed by atoms with van der Waals surface area (Å²) in [5.41, 5.74) is 12.0. The molecule has 0 aliphatic carbocycles. The van der Waals surface area contributed by atoms with Crippen molar-refractivity contribution in [3.05, 3.63) is 212 Å². The Labute approximate surface area is 325 Å². The second kappa shape index (κ2) is 13.2. The van der Waals surface area contributed by atoms with Crippen molar-refractivity contribution < 1.29 is 4.42 Å². The molecular formula is C54H35NO. The second-order valence-electron chi connectivity index (χ2n) is 14.5. The third-order valence-corrected chi connectivity index (χ3v) is 11.2. The van der Waals surface area contributed by atoms with Crippen LogP contribution in [0.5, 0.6) is 0 Å². The maximum absolute atomic E-state index is 6.91. The van der Waals surface area contributed by atoms with Crippen LogP contribution in [0.4, 0.5) is 17.1 Å². The molecule has 10 aromatic carbocycles. The Hall–Kier alpha value is -7.42. The molecule has 2 nitrogen and oxygen atoms in total. The lowest BCUT2D eigenvalue weighted by Crippen LogP contribution is -2.10. The number of rotatable bonds is 6. The molecule has 0 fully saturated rings. The standard InChI is InChI=1S/C54H35NO/c1-3-14-36(15-4-1)37-26-30-42(31-27-37)55(43-32-28-39(29-33-43)48-34-40-18-7-9-20-44(40)46-22-11-12-23-47(46)48)50-24-13-25-51-53(50)52-45-21-10-8-19-41(45)35-49(54(52)56-51)38-16-5-2-6-17-38/h1-35H. The maximum Gasteiger partial charge on any atom is 0.143 e. The summed E-state index contributed by atoms with van der Waals surface area (Å²) >= 11 is 0. The van der Waals surface area contributed by atoms with E-state index in [1.54, 1.807) is 0 Å². The van der Waals surface area contributed by atoms with E-state index in [0.29, 0.717) is 0 Å². The maximum atomic E-state index is 6.91. The van der Waals surface area contributed by atoms with Gasteiger partial charge in [-0.3, -0.25) is 0 Å². The zero-order chi connectivity index (χ0) is 37.0. The Morgan fingerprint density at radius 3 is 1.52 bits per heavy atom. The number of fused-ring (bicyclic) bond motifs is 8. The van der Waals surface area contributed by atoms with Gasteiger partial charge >= 0.3 is 0 Å². The van der Waals surface area contributed by atoms with E-state index in [9.17, 15) is 0 Å². The average molecular weight is 714 g/mol. The SMILES string of the molecule is c1ccc(-c2ccc(N(c3ccc(-c4cc5ccccc5c5ccccc45)cc3)c3cccc4oc5c(-c6ccccc6)cc6ccccc6c5c34)cc2)cc1. The minimum atomic E-state index is 0.858. The van der Waals surface area contributed by atoms with Crippen LogP contribution in [0.3, 0.4) is 0 Å². The molecule has 56 heavy (non-hydrogen) atoms. The van der Waals surface area contributed by atoms with Crippen molar-refractivity contribution in [2.75, 3.05) is 4.90 Å². The minimum absolute atomic E-state index is 0.858. The molecule has 0 radical (unpaired) electrons. The first-order valence-electron chi connectivity index (χ1n) is 19.2. The van der Waals surface area contributed by atoms with Crippen LogP contribution in [-0.2, 0) is 0 Å². The van der Waals surface area contributed by atoms with Crippen LogP contribution in [0.15, 0.2) is 217 Å². The first-order valence-corrected chi connectivity index (χ1v) is 19.2. The number of nitrogens with zero attached hydrogens (tertiary/aromatic N) is 1. The summed E-state index contributed by atoms with van der Waals surface area (Å²) in [7, 11) is 0. The summed E-state index contributed by atoms with van der Waals surface area (Å²) < 4.78 is 6.91. The van der Waals surface area contributed by atoms with Crippen LogP contribution in [0, 0.1) is 0 Å². The van der Waals surface area contributed by atoms with Crippen molar-refractivity contribution in [2.24, 2.45) is 0 Å². The summed E-state index contributed by atoms with van der Waals surface area (Å²) in [6.07, 6.45) is 0. The fourth-order valence-electron chi connectivity index (χ4n) is 8.61. The summed E-state index contributed by atoms with van der Waals surface area (Å²) in [6, 6.07) is 76.3. The Bertz CT molecular complexity index is 3220. The van der Waals surface area contributed by atoms with Gasteiger partial charge in [0.1, 0.15) is 11.2 Å². The molecule has 0 bridgehead atoms. The lowest BCUT2D eigenvalue weighted by Gasteiger charge is -2.27. The lowest BCUT2D eigenvalue weighted by molar-refractivity contribution is 0.670. The molecule has 0 saturated heterocycles. The van der Waals surface area contributed by atoms with Crippen molar-refractivity contribution >= 4 is 71.3 Å². The molecule has 0 aliphatic rings. The minimum Gasteiger partial charge on any atom is -0.455 e. The van der Waals surface area contributed by atoms with E-state index in [2.05, 4.69) is 217 Å². The number of hydrogen-bond acceptors (Lipinski definition) is 2. The molecule has 262 valence electrons. The molecule has 11 rings (SSSR count). The van der Waals surface area contributed by atoms with E-state index in [1.165, 1.54) is 54.6 Å². The van der Waals surface area contributed by atoms with Gasteiger partial charge in [0.05, 0.1) is 11.1 Å². The normalized spacial score (nSPS) is 11.6. The molecule has 2 heteroatoms. The zero-order valence-electron chi connectivity index (χ0n) is 30.6. The first-order chi connectivity index (χ1) is 27.8. The summed E-state index contributed by atoms with van der Waals surface area (Å²) in [6.45, 7) is 0. The van der Waals surface area contributed by atoms with Crippen LogP contribution in [0.25, 0.3) is 87.6 Å². The van der Waals surface area contributed by atoms with Gasteiger partial charge in [0.25, 0.3) is 0 Å². The van der Waals surface area contributed by atoms with Crippen LogP contribution < -0.4 is 4.90 Å². The molecule has 0 atom stereocenters. The van der Waals surface area contributed by atoms with Crippen molar-refractivity contribution in [2.45, 2.75) is 0 Å². The van der Waals surface area contributed by atoms with E-state index in [0.717, 1.165) is 50.1 Å². The molecule has 0 unspecified atom stereocenters. The fourth-order valence-corrected chi connectivity index (χ4v) is 8.61. The Balaban J connectivity index is 1.14. The fraction of sp³-hybridized carbons (Fsp3) is 0. The quantitative estimate of drug-likeness (QED) is 0.160. The molecule has 11 aromatic rings. The second-order valence-corrected chi connectivity index (χ2v) is 14.5. The molecule has 0 N–H and O–H groups in total. The summed E-state index contributed by atoms with van der Waals surface area (Å²) in [5, 5.41) is 9.61. The third kappa shape index (κ3) is 5.26. The van der Waals surface area contributed by atoms with Gasteiger partial charge in [-0.1, -0.05) is 164 Å². The van der Waals surface area contributed by atoms with Gasteiger partial charge < -0.3 is 9.32 Å². The lowest BCUT2D eigenvalue weighted by atomic mass is 9.93. The van der Waals surface area contributed by atoms with E-state index >= 15 is 0 Å². The monoisotopic (exact) mass is 713 g/mol. The number of benzene rings is 10. The average Bonchev–Trinajstić information content (AvgIpc) is 3.68. The molecule has 1 aromatic heterocycles. The highest BCUT2D eigenvalue weighted by Crippen LogP contribution is 2.48. The molecule has 1 heterocycles. The predicted molar refractivity (Wildman–Crippen MR) is 237 cm³/mol. The molecular weight excluding hydrogens is 679 g/mol. The van der Waals surface area contributed by atoms with Crippen molar-refractivity contribution in [3.63, 3.8) is 0 Å². The van der Waals surface area contributed by atoms with Crippen LogP contribution in [0.2, 0.25) is 0 Å². The Morgan fingerprint density at radius 1 is 0.321 bits per heavy atom. The Kier molecular flexibility index (Phi) is 7.53. The predicted octanol–water partition coefficient (Wildman–Crippen LogP) is 15.5. The molecule has 0 spiro atoms. The highest BCUT2D eigenvalue weighted by Gasteiger charge is 2.23. The highest BCUT2D eigenvalue weighted by atomic mass is 16.3. The zero-order valence-corrected chi connectivity index (χ0v) is 30.6. The van der Waals surface area contributed by atoms with Gasteiger partial charge in [0.2, 0.25) is 0 Å². The topological polar surface area (TPSA) is 16.4 Å². The number of anilines is 3. The van der Waals surface area contributed by atoms with E-state index < -0.39 is 0 Å². The van der Waals surface area contributed by atoms with Gasteiger partial charge in [-0.15, -0.1) is 0 Å². The van der Waals surface area contributed by atoms with Crippen LogP contribution in [-0.4, -0.2) is 0 Å². The summed E-state index contributed by atoms with van der Waals surface area (Å²) in [4.78, 5) is 2.39. The molecule has 0 amide bonds. The summed E-state index contributed by atoms with van der Waals surface area (Å²) in [5.74, 6) is 0. The number of hydrogen-bond donors (Lipinski definition) is 0. The van der Waals surface area contributed by atoms with E-state index in [4.69, 9.17) is 4.42 Å². The van der Waals surface area contributed by atoms with Crippen molar-refractivity contribution in [1.82, 2.24) is 0 Å². The molecule has 0 saturated carbocycles. The van der Waals surface area contributed by atoms with Gasteiger partial charge in [0, 0.05) is 22.3 Å². The smallest absolute Gasteiger partial charge is 0.143 e. The largest absolute Gasteiger partial charge is 0.455 e. The van der Waals surface area contributed by atoms with E-state index in [1.807, 2.05) is 0 Å². The third-order valence-electron chi connectivity index (χ3n) is 11.2. The van der Waals surface area contributed by atoms with Crippen molar-refractivity contribution in [1.29, 1.82) is 0 Å². The van der Waals surface area contributed by atoms with Gasteiger partial charge in [-0.2, -0.15) is 0 Å². The Morgan fingerprint density at radius 2 is 0.821 bits per heavy atom. The van der Waals surface area contributed by atoms with Crippen molar-refractivity contribution in [3.8, 4) is 33.4 Å². The van der Waals surface area contributed by atoms with E-state index in [-0.39, 0.29) is 0 Å².